The molecule has 0 amide bonds. The number of nitrogens with zero attached hydrogens (tertiary/aromatic N) is 2. The van der Waals surface area contributed by atoms with Crippen LogP contribution in [0.2, 0.25) is 10.0 Å². The van der Waals surface area contributed by atoms with Gasteiger partial charge in [-0.15, -0.1) is 0 Å². The van der Waals surface area contributed by atoms with Crippen molar-refractivity contribution in [1.82, 2.24) is 8.94 Å². The molecule has 0 saturated heterocycles. The Labute approximate surface area is 156 Å². The van der Waals surface area contributed by atoms with Crippen molar-refractivity contribution < 1.29 is 9.18 Å². The van der Waals surface area contributed by atoms with Crippen LogP contribution in [-0.2, 0) is 13.0 Å². The Morgan fingerprint density at radius 3 is 2.40 bits per heavy atom. The fourth-order valence-electron chi connectivity index (χ4n) is 2.27. The van der Waals surface area contributed by atoms with E-state index in [1.54, 1.807) is 30.3 Å². The van der Waals surface area contributed by atoms with Crippen molar-refractivity contribution in [3.63, 3.8) is 0 Å². The number of aromatic nitrogens is 2. The third-order valence-corrected chi connectivity index (χ3v) is 5.02. The molecular weight excluding hydrogens is 386 g/mol. The van der Waals surface area contributed by atoms with Crippen LogP contribution in [-0.4, -0.2) is 14.7 Å². The summed E-state index contributed by atoms with van der Waals surface area (Å²) in [5.41, 5.74) is 0.528. The summed E-state index contributed by atoms with van der Waals surface area (Å²) >= 11 is 13.1. The van der Waals surface area contributed by atoms with Crippen LogP contribution in [0, 0.1) is 5.82 Å². The quantitative estimate of drug-likeness (QED) is 0.606. The predicted molar refractivity (Wildman–Crippen MR) is 96.4 cm³/mol. The van der Waals surface area contributed by atoms with Gasteiger partial charge >= 0.3 is 5.69 Å². The minimum Gasteiger partial charge on any atom is -0.294 e. The number of rotatable bonds is 5. The van der Waals surface area contributed by atoms with Gasteiger partial charge in [0.2, 0.25) is 0 Å². The summed E-state index contributed by atoms with van der Waals surface area (Å²) in [4.78, 5) is 28.3. The Morgan fingerprint density at radius 2 is 1.76 bits per heavy atom. The minimum atomic E-state index is -0.456. The highest BCUT2D eigenvalue weighted by atomic mass is 35.5. The molecule has 2 aromatic carbocycles. The first-order chi connectivity index (χ1) is 11.9. The molecule has 0 N–H and O–H groups in total. The second kappa shape index (κ2) is 7.47. The maximum Gasteiger partial charge on any atom is 0.358 e. The second-order valence-electron chi connectivity index (χ2n) is 5.24. The highest BCUT2D eigenvalue weighted by Crippen LogP contribution is 2.26. The van der Waals surface area contributed by atoms with Crippen molar-refractivity contribution in [2.75, 3.05) is 0 Å². The maximum atomic E-state index is 12.9. The molecule has 3 aromatic rings. The lowest BCUT2D eigenvalue weighted by Gasteiger charge is -2.04. The first kappa shape index (κ1) is 17.8. The van der Waals surface area contributed by atoms with Gasteiger partial charge in [0.25, 0.3) is 0 Å². The first-order valence-corrected chi connectivity index (χ1v) is 8.75. The SMILES string of the molecule is O=C(Cc1nc(=O)n(Cc2ccc(F)cc2)s1)c1c(Cl)cccc1Cl. The summed E-state index contributed by atoms with van der Waals surface area (Å²) < 4.78 is 14.3. The molecule has 25 heavy (non-hydrogen) atoms. The van der Waals surface area contributed by atoms with Crippen LogP contribution in [0.15, 0.2) is 47.3 Å². The van der Waals surface area contributed by atoms with Crippen LogP contribution in [0.3, 0.4) is 0 Å². The normalized spacial score (nSPS) is 10.8. The summed E-state index contributed by atoms with van der Waals surface area (Å²) in [6.07, 6.45) is -0.0697. The van der Waals surface area contributed by atoms with E-state index in [1.165, 1.54) is 16.1 Å². The van der Waals surface area contributed by atoms with Gasteiger partial charge in [0.05, 0.1) is 28.6 Å². The number of halogens is 3. The van der Waals surface area contributed by atoms with Crippen molar-refractivity contribution in [2.45, 2.75) is 13.0 Å². The van der Waals surface area contributed by atoms with Gasteiger partial charge in [0.15, 0.2) is 5.78 Å². The largest absolute Gasteiger partial charge is 0.358 e. The van der Waals surface area contributed by atoms with Gasteiger partial charge in [0, 0.05) is 0 Å². The zero-order valence-corrected chi connectivity index (χ0v) is 15.0. The Morgan fingerprint density at radius 1 is 1.12 bits per heavy atom. The second-order valence-corrected chi connectivity index (χ2v) is 7.15. The van der Waals surface area contributed by atoms with Gasteiger partial charge in [-0.25, -0.2) is 13.1 Å². The molecule has 0 radical (unpaired) electrons. The van der Waals surface area contributed by atoms with Crippen LogP contribution in [0.1, 0.15) is 20.9 Å². The number of benzene rings is 2. The van der Waals surface area contributed by atoms with Crippen molar-refractivity contribution in [3.8, 4) is 0 Å². The van der Waals surface area contributed by atoms with Crippen molar-refractivity contribution in [1.29, 1.82) is 0 Å². The van der Waals surface area contributed by atoms with E-state index in [2.05, 4.69) is 4.98 Å². The van der Waals surface area contributed by atoms with E-state index in [9.17, 15) is 14.0 Å². The van der Waals surface area contributed by atoms with Crippen LogP contribution in [0.25, 0.3) is 0 Å². The molecule has 0 saturated carbocycles. The average Bonchev–Trinajstić information content (AvgIpc) is 2.88. The molecule has 1 aromatic heterocycles. The molecule has 1 heterocycles. The summed E-state index contributed by atoms with van der Waals surface area (Å²) in [6, 6.07) is 10.6. The molecule has 8 heteroatoms. The molecule has 128 valence electrons. The van der Waals surface area contributed by atoms with Gasteiger partial charge in [-0.2, -0.15) is 4.98 Å². The highest BCUT2D eigenvalue weighted by Gasteiger charge is 2.18. The number of hydrogen-bond acceptors (Lipinski definition) is 4. The van der Waals surface area contributed by atoms with Crippen LogP contribution in [0.4, 0.5) is 4.39 Å². The molecule has 0 unspecified atom stereocenters. The van der Waals surface area contributed by atoms with E-state index in [0.29, 0.717) is 5.01 Å². The molecular formula is C17H11Cl2FN2O2S. The fourth-order valence-corrected chi connectivity index (χ4v) is 3.78. The highest BCUT2D eigenvalue weighted by molar-refractivity contribution is 7.06. The Kier molecular flexibility index (Phi) is 5.32. The lowest BCUT2D eigenvalue weighted by atomic mass is 10.1. The average molecular weight is 397 g/mol. The first-order valence-electron chi connectivity index (χ1n) is 7.22. The van der Waals surface area contributed by atoms with E-state index in [4.69, 9.17) is 23.2 Å². The molecule has 0 aliphatic heterocycles. The fraction of sp³-hybridized carbons (Fsp3) is 0.118. The van der Waals surface area contributed by atoms with Gasteiger partial charge in [-0.05, 0) is 41.4 Å². The molecule has 0 aliphatic rings. The van der Waals surface area contributed by atoms with Gasteiger partial charge in [-0.3, -0.25) is 4.79 Å². The zero-order valence-electron chi connectivity index (χ0n) is 12.7. The van der Waals surface area contributed by atoms with E-state index in [0.717, 1.165) is 17.1 Å². The monoisotopic (exact) mass is 396 g/mol. The van der Waals surface area contributed by atoms with Gasteiger partial charge < -0.3 is 0 Å². The van der Waals surface area contributed by atoms with E-state index >= 15 is 0 Å². The summed E-state index contributed by atoms with van der Waals surface area (Å²) in [5, 5.41) is 0.888. The molecule has 4 nitrogen and oxygen atoms in total. The number of carbonyl (C=O) groups is 1. The summed E-state index contributed by atoms with van der Waals surface area (Å²) in [7, 11) is 0. The van der Waals surface area contributed by atoms with Crippen molar-refractivity contribution >= 4 is 40.5 Å². The molecule has 0 fully saturated rings. The molecule has 0 aliphatic carbocycles. The van der Waals surface area contributed by atoms with Crippen molar-refractivity contribution in [3.05, 3.63) is 84.9 Å². The van der Waals surface area contributed by atoms with Gasteiger partial charge in [0.1, 0.15) is 10.8 Å². The Hall–Kier alpha value is -2.02. The van der Waals surface area contributed by atoms with E-state index < -0.39 is 5.69 Å². The van der Waals surface area contributed by atoms with Crippen LogP contribution >= 0.6 is 34.7 Å². The smallest absolute Gasteiger partial charge is 0.294 e. The third-order valence-electron chi connectivity index (χ3n) is 3.44. The molecule has 0 spiro atoms. The lowest BCUT2D eigenvalue weighted by molar-refractivity contribution is 0.0993. The predicted octanol–water partition coefficient (Wildman–Crippen LogP) is 4.22. The Balaban J connectivity index is 1.79. The van der Waals surface area contributed by atoms with Crippen molar-refractivity contribution in [2.24, 2.45) is 0 Å². The number of hydrogen-bond donors (Lipinski definition) is 0. The molecule has 3 rings (SSSR count). The topological polar surface area (TPSA) is 52.0 Å². The standard InChI is InChI=1S/C17H11Cl2FN2O2S/c18-12-2-1-3-13(19)16(12)14(23)8-15-21-17(24)22(25-15)9-10-4-6-11(20)7-5-10/h1-7H,8-9H2. The summed E-state index contributed by atoms with van der Waals surface area (Å²) in [6.45, 7) is 0.262. The molecule has 0 atom stereocenters. The van der Waals surface area contributed by atoms with Crippen LogP contribution in [0.5, 0.6) is 0 Å². The number of carbonyl (C=O) groups excluding carboxylic acids is 1. The van der Waals surface area contributed by atoms with E-state index in [-0.39, 0.29) is 40.2 Å². The van der Waals surface area contributed by atoms with Crippen LogP contribution < -0.4 is 5.69 Å². The minimum absolute atomic E-state index is 0.0697. The third kappa shape index (κ3) is 4.15. The Bertz CT molecular complexity index is 963. The molecule has 0 bridgehead atoms. The lowest BCUT2D eigenvalue weighted by Crippen LogP contribution is -2.16. The summed E-state index contributed by atoms with van der Waals surface area (Å²) in [5.74, 6) is -0.651. The number of ketones is 1. The van der Waals surface area contributed by atoms with E-state index in [1.807, 2.05) is 0 Å². The van der Waals surface area contributed by atoms with Gasteiger partial charge in [-0.1, -0.05) is 41.4 Å². The zero-order chi connectivity index (χ0) is 18.0. The maximum absolute atomic E-state index is 12.9. The number of Topliss-reactive ketones (excluding diaryl/α,β-unsaturated/α-hetero) is 1.